The topological polar surface area (TPSA) is 63.6 Å². The van der Waals surface area contributed by atoms with Crippen LogP contribution in [0.5, 0.6) is 5.75 Å². The molecule has 17 heavy (non-hydrogen) atoms. The van der Waals surface area contributed by atoms with E-state index in [1.54, 1.807) is 19.1 Å². The highest BCUT2D eigenvalue weighted by Gasteiger charge is 2.20. The Bertz CT molecular complexity index is 464. The van der Waals surface area contributed by atoms with Crippen LogP contribution in [0.4, 0.5) is 0 Å². The summed E-state index contributed by atoms with van der Waals surface area (Å²) in [6.07, 6.45) is 0.677. The summed E-state index contributed by atoms with van der Waals surface area (Å²) in [5, 5.41) is 8.66. The molecule has 1 aliphatic heterocycles. The third-order valence-electron chi connectivity index (χ3n) is 2.90. The van der Waals surface area contributed by atoms with Crippen LogP contribution < -0.4 is 4.74 Å². The van der Waals surface area contributed by atoms with Gasteiger partial charge in [0, 0.05) is 17.9 Å². The molecule has 0 aliphatic carbocycles. The molecule has 90 valence electrons. The van der Waals surface area contributed by atoms with Crippen LogP contribution in [0.15, 0.2) is 18.2 Å². The number of carboxylic acid groups (broad SMARTS) is 1. The second kappa shape index (κ2) is 4.57. The van der Waals surface area contributed by atoms with Crippen molar-refractivity contribution >= 4 is 11.8 Å². The summed E-state index contributed by atoms with van der Waals surface area (Å²) in [7, 11) is 0. The zero-order chi connectivity index (χ0) is 12.4. The van der Waals surface area contributed by atoms with Crippen molar-refractivity contribution in [3.8, 4) is 5.75 Å². The highest BCUT2D eigenvalue weighted by molar-refractivity contribution is 5.99. The van der Waals surface area contributed by atoms with Gasteiger partial charge in [-0.2, -0.15) is 0 Å². The monoisotopic (exact) mass is 234 g/mol. The number of hydrogen-bond acceptors (Lipinski definition) is 3. The van der Waals surface area contributed by atoms with E-state index in [1.165, 1.54) is 0 Å². The molecule has 0 saturated heterocycles. The minimum Gasteiger partial charge on any atom is -0.493 e. The van der Waals surface area contributed by atoms with Gasteiger partial charge in [0.1, 0.15) is 5.75 Å². The average Bonchev–Trinajstić information content (AvgIpc) is 2.73. The van der Waals surface area contributed by atoms with Crippen molar-refractivity contribution in [1.82, 2.24) is 0 Å². The van der Waals surface area contributed by atoms with Crippen LogP contribution in [0.3, 0.4) is 0 Å². The lowest BCUT2D eigenvalue weighted by Crippen LogP contribution is -2.15. The fraction of sp³-hybridized carbons (Fsp3) is 0.385. The van der Waals surface area contributed by atoms with Crippen molar-refractivity contribution in [1.29, 1.82) is 0 Å². The lowest BCUT2D eigenvalue weighted by molar-refractivity contribution is -0.137. The van der Waals surface area contributed by atoms with Crippen molar-refractivity contribution in [2.45, 2.75) is 19.8 Å². The van der Waals surface area contributed by atoms with Gasteiger partial charge in [0.2, 0.25) is 0 Å². The van der Waals surface area contributed by atoms with Crippen molar-refractivity contribution in [2.75, 3.05) is 6.61 Å². The number of carbonyl (C=O) groups is 2. The number of fused-ring (bicyclic) bond motifs is 1. The number of benzene rings is 1. The molecule has 0 saturated carbocycles. The normalized spacial score (nSPS) is 14.9. The number of Topliss-reactive ketones (excluding diaryl/α,β-unsaturated/α-hetero) is 1. The summed E-state index contributed by atoms with van der Waals surface area (Å²) in [4.78, 5) is 22.5. The number of ether oxygens (including phenoxy) is 1. The zero-order valence-electron chi connectivity index (χ0n) is 9.60. The minimum absolute atomic E-state index is 0.123. The third kappa shape index (κ3) is 2.46. The summed E-state index contributed by atoms with van der Waals surface area (Å²) < 4.78 is 5.35. The second-order valence-corrected chi connectivity index (χ2v) is 4.28. The Morgan fingerprint density at radius 1 is 1.47 bits per heavy atom. The summed E-state index contributed by atoms with van der Waals surface area (Å²) in [5.74, 6) is -0.738. The molecule has 4 heteroatoms. The first-order valence-electron chi connectivity index (χ1n) is 5.59. The highest BCUT2D eigenvalue weighted by atomic mass is 16.5. The van der Waals surface area contributed by atoms with Gasteiger partial charge in [0.05, 0.1) is 13.0 Å². The van der Waals surface area contributed by atoms with Gasteiger partial charge in [0.15, 0.2) is 5.78 Å². The van der Waals surface area contributed by atoms with E-state index in [-0.39, 0.29) is 12.2 Å². The molecule has 0 fully saturated rings. The summed E-state index contributed by atoms with van der Waals surface area (Å²) in [6, 6.07) is 5.29. The van der Waals surface area contributed by atoms with E-state index in [1.807, 2.05) is 6.07 Å². The summed E-state index contributed by atoms with van der Waals surface area (Å²) in [5.41, 5.74) is 1.60. The Kier molecular flexibility index (Phi) is 3.13. The van der Waals surface area contributed by atoms with Crippen LogP contribution in [0, 0.1) is 5.92 Å². The first kappa shape index (κ1) is 11.6. The Morgan fingerprint density at radius 2 is 2.24 bits per heavy atom. The summed E-state index contributed by atoms with van der Waals surface area (Å²) >= 11 is 0. The standard InChI is InChI=1S/C13H14O4/c1-8(6-12(14)15)13(16)10-2-3-11-9(7-10)4-5-17-11/h2-3,7-8H,4-6H2,1H3,(H,14,15). The lowest BCUT2D eigenvalue weighted by Gasteiger charge is -2.08. The molecule has 1 aromatic carbocycles. The number of hydrogen-bond donors (Lipinski definition) is 1. The van der Waals surface area contributed by atoms with Crippen LogP contribution >= 0.6 is 0 Å². The average molecular weight is 234 g/mol. The van der Waals surface area contributed by atoms with Gasteiger partial charge in [-0.15, -0.1) is 0 Å². The molecule has 1 atom stereocenters. The first-order chi connectivity index (χ1) is 8.08. The van der Waals surface area contributed by atoms with Gasteiger partial charge in [-0.3, -0.25) is 9.59 Å². The van der Waals surface area contributed by atoms with Crippen LogP contribution in [0.25, 0.3) is 0 Å². The lowest BCUT2D eigenvalue weighted by atomic mass is 9.95. The Labute approximate surface area is 99.2 Å². The van der Waals surface area contributed by atoms with Crippen LogP contribution in [0.2, 0.25) is 0 Å². The summed E-state index contributed by atoms with van der Waals surface area (Å²) in [6.45, 7) is 2.29. The number of rotatable bonds is 4. The van der Waals surface area contributed by atoms with Crippen LogP contribution in [-0.2, 0) is 11.2 Å². The van der Waals surface area contributed by atoms with E-state index in [9.17, 15) is 9.59 Å². The molecule has 0 aromatic heterocycles. The smallest absolute Gasteiger partial charge is 0.304 e. The molecule has 0 spiro atoms. The van der Waals surface area contributed by atoms with Gasteiger partial charge in [-0.25, -0.2) is 0 Å². The molecule has 4 nitrogen and oxygen atoms in total. The first-order valence-corrected chi connectivity index (χ1v) is 5.59. The van der Waals surface area contributed by atoms with E-state index in [2.05, 4.69) is 0 Å². The predicted octanol–water partition coefficient (Wildman–Crippen LogP) is 1.92. The van der Waals surface area contributed by atoms with E-state index in [4.69, 9.17) is 9.84 Å². The minimum atomic E-state index is -0.949. The maximum absolute atomic E-state index is 12.0. The highest BCUT2D eigenvalue weighted by Crippen LogP contribution is 2.27. The Morgan fingerprint density at radius 3 is 2.94 bits per heavy atom. The van der Waals surface area contributed by atoms with Crippen molar-refractivity contribution in [2.24, 2.45) is 5.92 Å². The van der Waals surface area contributed by atoms with Gasteiger partial charge in [-0.1, -0.05) is 6.92 Å². The number of ketones is 1. The largest absolute Gasteiger partial charge is 0.493 e. The molecule has 0 bridgehead atoms. The number of aliphatic carboxylic acids is 1. The fourth-order valence-corrected chi connectivity index (χ4v) is 1.98. The van der Waals surface area contributed by atoms with E-state index in [0.29, 0.717) is 12.2 Å². The maximum atomic E-state index is 12.0. The van der Waals surface area contributed by atoms with Crippen LogP contribution in [-0.4, -0.2) is 23.5 Å². The molecule has 1 aliphatic rings. The van der Waals surface area contributed by atoms with Gasteiger partial charge < -0.3 is 9.84 Å². The van der Waals surface area contributed by atoms with Crippen molar-refractivity contribution in [3.63, 3.8) is 0 Å². The maximum Gasteiger partial charge on any atom is 0.304 e. The Hall–Kier alpha value is -1.84. The predicted molar refractivity (Wildman–Crippen MR) is 61.4 cm³/mol. The molecular weight excluding hydrogens is 220 g/mol. The molecular formula is C13H14O4. The molecule has 1 aromatic rings. The SMILES string of the molecule is CC(CC(=O)O)C(=O)c1ccc2c(c1)CCO2. The molecule has 1 heterocycles. The Balaban J connectivity index is 2.17. The number of carboxylic acids is 1. The number of carbonyl (C=O) groups excluding carboxylic acids is 1. The van der Waals surface area contributed by atoms with Gasteiger partial charge in [0.25, 0.3) is 0 Å². The molecule has 1 N–H and O–H groups in total. The molecule has 0 amide bonds. The van der Waals surface area contributed by atoms with E-state index >= 15 is 0 Å². The molecule has 1 unspecified atom stereocenters. The van der Waals surface area contributed by atoms with Crippen molar-refractivity contribution < 1.29 is 19.4 Å². The second-order valence-electron chi connectivity index (χ2n) is 4.28. The van der Waals surface area contributed by atoms with E-state index < -0.39 is 11.9 Å². The third-order valence-corrected chi connectivity index (χ3v) is 2.90. The van der Waals surface area contributed by atoms with E-state index in [0.717, 1.165) is 17.7 Å². The van der Waals surface area contributed by atoms with Gasteiger partial charge in [-0.05, 0) is 23.8 Å². The molecule has 2 rings (SSSR count). The zero-order valence-corrected chi connectivity index (χ0v) is 9.60. The molecule has 0 radical (unpaired) electrons. The van der Waals surface area contributed by atoms with Crippen molar-refractivity contribution in [3.05, 3.63) is 29.3 Å². The fourth-order valence-electron chi connectivity index (χ4n) is 1.98. The van der Waals surface area contributed by atoms with Gasteiger partial charge >= 0.3 is 5.97 Å². The van der Waals surface area contributed by atoms with Crippen LogP contribution in [0.1, 0.15) is 29.3 Å². The quantitative estimate of drug-likeness (QED) is 0.808.